The summed E-state index contributed by atoms with van der Waals surface area (Å²) in [6, 6.07) is 4.35. The van der Waals surface area contributed by atoms with E-state index >= 15 is 0 Å². The van der Waals surface area contributed by atoms with E-state index in [1.165, 1.54) is 22.8 Å². The highest BCUT2D eigenvalue weighted by Crippen LogP contribution is 2.36. The summed E-state index contributed by atoms with van der Waals surface area (Å²) in [6.07, 6.45) is 4.38. The van der Waals surface area contributed by atoms with Crippen molar-refractivity contribution in [2.75, 3.05) is 11.9 Å². The monoisotopic (exact) mass is 446 g/mol. The Morgan fingerprint density at radius 3 is 2.68 bits per heavy atom. The molecule has 10 nitrogen and oxygen atoms in total. The van der Waals surface area contributed by atoms with Crippen molar-refractivity contribution in [3.05, 3.63) is 46.5 Å². The third kappa shape index (κ3) is 4.63. The first kappa shape index (κ1) is 21.5. The highest BCUT2D eigenvalue weighted by atomic mass is 32.2. The second-order valence-electron chi connectivity index (χ2n) is 8.42. The van der Waals surface area contributed by atoms with Crippen LogP contribution in [0.2, 0.25) is 0 Å². The minimum atomic E-state index is -3.75. The summed E-state index contributed by atoms with van der Waals surface area (Å²) >= 11 is 0. The van der Waals surface area contributed by atoms with Crippen molar-refractivity contribution in [3.8, 4) is 0 Å². The normalized spacial score (nSPS) is 16.4. The van der Waals surface area contributed by atoms with Crippen LogP contribution in [0, 0.1) is 0 Å². The molecule has 1 saturated carbocycles. The maximum absolute atomic E-state index is 13.4. The van der Waals surface area contributed by atoms with Crippen LogP contribution < -0.4 is 15.6 Å². The zero-order chi connectivity index (χ0) is 22.4. The maximum atomic E-state index is 13.4. The third-order valence-corrected chi connectivity index (χ3v) is 6.91. The first-order chi connectivity index (χ1) is 14.6. The van der Waals surface area contributed by atoms with Crippen molar-refractivity contribution in [1.82, 2.24) is 24.1 Å². The number of anilines is 1. The number of aliphatic hydroxyl groups is 1. The fraction of sp³-hybridized carbons (Fsp3) is 0.450. The van der Waals surface area contributed by atoms with Gasteiger partial charge in [-0.15, -0.1) is 0 Å². The van der Waals surface area contributed by atoms with Crippen molar-refractivity contribution in [1.29, 1.82) is 0 Å². The predicted octanol–water partition coefficient (Wildman–Crippen LogP) is 0.802. The molecule has 31 heavy (non-hydrogen) atoms. The lowest BCUT2D eigenvalue weighted by atomic mass is 10.2. The highest BCUT2D eigenvalue weighted by molar-refractivity contribution is 7.89. The van der Waals surface area contributed by atoms with Crippen molar-refractivity contribution in [2.45, 2.75) is 49.8 Å². The Balaban J connectivity index is 1.80. The molecule has 3 aromatic rings. The van der Waals surface area contributed by atoms with E-state index in [1.54, 1.807) is 31.0 Å². The van der Waals surface area contributed by atoms with Crippen molar-refractivity contribution in [2.24, 2.45) is 7.05 Å². The van der Waals surface area contributed by atoms with Gasteiger partial charge >= 0.3 is 0 Å². The van der Waals surface area contributed by atoms with Crippen molar-refractivity contribution in [3.63, 3.8) is 0 Å². The molecule has 1 atom stereocenters. The van der Waals surface area contributed by atoms with E-state index in [0.717, 1.165) is 18.4 Å². The zero-order valence-electron chi connectivity index (χ0n) is 17.7. The Bertz CT molecular complexity index is 1290. The Labute approximate surface area is 180 Å². The molecule has 0 aliphatic heterocycles. The van der Waals surface area contributed by atoms with Gasteiger partial charge in [-0.1, -0.05) is 0 Å². The summed E-state index contributed by atoms with van der Waals surface area (Å²) in [5.41, 5.74) is 0.369. The second kappa shape index (κ2) is 7.74. The summed E-state index contributed by atoms with van der Waals surface area (Å²) in [5.74, 6) is 0.293. The molecule has 2 heterocycles. The van der Waals surface area contributed by atoms with Crippen LogP contribution in [-0.2, 0) is 23.6 Å². The van der Waals surface area contributed by atoms with Crippen LogP contribution in [0.3, 0.4) is 0 Å². The number of aromatic nitrogens is 4. The quantitative estimate of drug-likeness (QED) is 0.466. The predicted molar refractivity (Wildman–Crippen MR) is 116 cm³/mol. The van der Waals surface area contributed by atoms with Gasteiger partial charge < -0.3 is 10.4 Å². The lowest BCUT2D eigenvalue weighted by molar-refractivity contribution is 0.208. The van der Waals surface area contributed by atoms with Gasteiger partial charge in [0.2, 0.25) is 16.0 Å². The van der Waals surface area contributed by atoms with Crippen LogP contribution in [0.4, 0.5) is 5.95 Å². The molecule has 1 aromatic carbocycles. The molecule has 0 spiro atoms. The van der Waals surface area contributed by atoms with Gasteiger partial charge in [-0.05, 0) is 44.9 Å². The van der Waals surface area contributed by atoms with Gasteiger partial charge in [-0.3, -0.25) is 14.0 Å². The molecule has 4 rings (SSSR count). The Hall–Kier alpha value is -2.76. The number of aliphatic hydroxyl groups excluding tert-OH is 1. The fourth-order valence-corrected chi connectivity index (χ4v) is 4.79. The van der Waals surface area contributed by atoms with Crippen LogP contribution in [0.25, 0.3) is 10.9 Å². The van der Waals surface area contributed by atoms with E-state index < -0.39 is 21.7 Å². The molecule has 1 aliphatic carbocycles. The lowest BCUT2D eigenvalue weighted by Gasteiger charge is -2.16. The molecule has 11 heteroatoms. The molecule has 1 fully saturated rings. The second-order valence-corrected chi connectivity index (χ2v) is 10.1. The molecule has 1 aliphatic rings. The summed E-state index contributed by atoms with van der Waals surface area (Å²) in [7, 11) is -1.97. The standard InChI is InChI=1S/C20H26N6O4S/c1-13(27)9-21-19-23-17-5-4-15(31(29,30)24-20(2)6-7-20)8-16(17)18(28)26(19)12-14-10-22-25(3)11-14/h4-5,8,10-11,13,24,27H,6-7,9,12H2,1-3H3,(H,21,23). The van der Waals surface area contributed by atoms with E-state index in [4.69, 9.17) is 0 Å². The summed E-state index contributed by atoms with van der Waals surface area (Å²) < 4.78 is 31.3. The average Bonchev–Trinajstić information content (AvgIpc) is 3.26. The Kier molecular flexibility index (Phi) is 5.36. The van der Waals surface area contributed by atoms with Gasteiger partial charge in [-0.25, -0.2) is 18.1 Å². The van der Waals surface area contributed by atoms with Gasteiger partial charge in [0.05, 0.1) is 34.6 Å². The fourth-order valence-electron chi connectivity index (χ4n) is 3.30. The molecular weight excluding hydrogens is 420 g/mol. The van der Waals surface area contributed by atoms with Crippen LogP contribution in [0.1, 0.15) is 32.3 Å². The van der Waals surface area contributed by atoms with Crippen LogP contribution in [-0.4, -0.2) is 51.0 Å². The maximum Gasteiger partial charge on any atom is 0.263 e. The summed E-state index contributed by atoms with van der Waals surface area (Å²) in [6.45, 7) is 3.89. The van der Waals surface area contributed by atoms with Crippen LogP contribution in [0.5, 0.6) is 0 Å². The number of hydrogen-bond acceptors (Lipinski definition) is 7. The average molecular weight is 447 g/mol. The van der Waals surface area contributed by atoms with Gasteiger partial charge in [0.25, 0.3) is 5.56 Å². The first-order valence-electron chi connectivity index (χ1n) is 10.0. The van der Waals surface area contributed by atoms with E-state index in [1.807, 2.05) is 6.92 Å². The largest absolute Gasteiger partial charge is 0.392 e. The van der Waals surface area contributed by atoms with E-state index in [0.29, 0.717) is 11.5 Å². The molecule has 0 amide bonds. The van der Waals surface area contributed by atoms with E-state index in [-0.39, 0.29) is 28.9 Å². The molecule has 0 bridgehead atoms. The summed E-state index contributed by atoms with van der Waals surface area (Å²) in [5, 5.41) is 17.0. The topological polar surface area (TPSA) is 131 Å². The van der Waals surface area contributed by atoms with Gasteiger partial charge in [-0.2, -0.15) is 5.10 Å². The molecule has 3 N–H and O–H groups in total. The summed E-state index contributed by atoms with van der Waals surface area (Å²) in [4.78, 5) is 17.9. The smallest absolute Gasteiger partial charge is 0.263 e. The molecule has 1 unspecified atom stereocenters. The number of rotatable bonds is 8. The number of hydrogen-bond donors (Lipinski definition) is 3. The lowest BCUT2D eigenvalue weighted by Crippen LogP contribution is -2.34. The molecule has 0 radical (unpaired) electrons. The van der Waals surface area contributed by atoms with Crippen molar-refractivity contribution < 1.29 is 13.5 Å². The third-order valence-electron chi connectivity index (χ3n) is 5.27. The minimum absolute atomic E-state index is 0.0321. The van der Waals surface area contributed by atoms with Crippen LogP contribution >= 0.6 is 0 Å². The molecular formula is C20H26N6O4S. The van der Waals surface area contributed by atoms with Gasteiger partial charge in [0, 0.05) is 30.9 Å². The Morgan fingerprint density at radius 1 is 1.32 bits per heavy atom. The minimum Gasteiger partial charge on any atom is -0.392 e. The number of sulfonamides is 1. The van der Waals surface area contributed by atoms with Gasteiger partial charge in [0.1, 0.15) is 0 Å². The first-order valence-corrected chi connectivity index (χ1v) is 11.5. The zero-order valence-corrected chi connectivity index (χ0v) is 18.5. The number of nitrogens with zero attached hydrogens (tertiary/aromatic N) is 4. The Morgan fingerprint density at radius 2 is 2.06 bits per heavy atom. The van der Waals surface area contributed by atoms with Gasteiger partial charge in [0.15, 0.2) is 0 Å². The van der Waals surface area contributed by atoms with E-state index in [2.05, 4.69) is 20.1 Å². The van der Waals surface area contributed by atoms with Crippen LogP contribution in [0.15, 0.2) is 40.3 Å². The number of aryl methyl sites for hydroxylation is 1. The molecule has 2 aromatic heterocycles. The highest BCUT2D eigenvalue weighted by Gasteiger charge is 2.41. The van der Waals surface area contributed by atoms with Crippen molar-refractivity contribution >= 4 is 26.9 Å². The molecule has 166 valence electrons. The van der Waals surface area contributed by atoms with E-state index in [9.17, 15) is 18.3 Å². The number of benzene rings is 1. The SMILES string of the molecule is CC(O)CNc1nc2ccc(S(=O)(=O)NC3(C)CC3)cc2c(=O)n1Cc1cnn(C)c1. The molecule has 0 saturated heterocycles. The number of fused-ring (bicyclic) bond motifs is 1. The number of nitrogens with one attached hydrogen (secondary N) is 2.